The Labute approximate surface area is 245 Å². The molecule has 0 atom stereocenters. The standard InChI is InChI=1S/C30H32N6O5S/c1-41-34-27(38)24-17-36(22-10-7-19-3-2-4-20(19)15-22)26-23(25(24)37)16-31-30(33-26)32-21-8-5-18(6-9-21)11-12-35-13-14-42-29(40)28(35)39/h5-10,15-17H,2-4,11-14H2,1H3,42H4,(H,34,38)(H,31,32,33). The average Bonchev–Trinajstić information content (AvgIpc) is 3.47. The van der Waals surface area contributed by atoms with E-state index in [1.165, 1.54) is 30.6 Å². The van der Waals surface area contributed by atoms with Crippen molar-refractivity contribution >= 4 is 51.4 Å². The van der Waals surface area contributed by atoms with Crippen molar-refractivity contribution in [2.75, 3.05) is 31.3 Å². The molecule has 4 aromatic rings. The highest BCUT2D eigenvalue weighted by Crippen LogP contribution is 2.26. The molecule has 0 spiro atoms. The summed E-state index contributed by atoms with van der Waals surface area (Å²) in [6.45, 7) is 1.19. The molecule has 218 valence electrons. The molecule has 2 N–H and O–H groups in total. The lowest BCUT2D eigenvalue weighted by molar-refractivity contribution is -0.140. The van der Waals surface area contributed by atoms with Gasteiger partial charge in [-0.05, 0) is 72.4 Å². The molecule has 1 saturated heterocycles. The molecular formula is C30H32N6O5S. The molecule has 1 fully saturated rings. The smallest absolute Gasteiger partial charge is 0.297 e. The Morgan fingerprint density at radius 1 is 1.07 bits per heavy atom. The number of carbonyl (C=O) groups excluding carboxylic acids is 3. The number of rotatable bonds is 8. The molecule has 0 radical (unpaired) electrons. The predicted octanol–water partition coefficient (Wildman–Crippen LogP) is 1.88. The summed E-state index contributed by atoms with van der Waals surface area (Å²) >= 11 is -0.897. The highest BCUT2D eigenvalue weighted by Gasteiger charge is 2.24. The van der Waals surface area contributed by atoms with Crippen LogP contribution in [-0.2, 0) is 33.7 Å². The van der Waals surface area contributed by atoms with Gasteiger partial charge >= 0.3 is 0 Å². The first-order chi connectivity index (χ1) is 20.4. The zero-order valence-electron chi connectivity index (χ0n) is 23.2. The SMILES string of the molecule is CONC(=O)c1cn(-c2ccc3c(c2)CCC3)c2nc(Nc3ccc(CCN4CC[SH4]C(=O)C4=O)cc3)ncc2c1=O. The Balaban J connectivity index is 1.28. The lowest BCUT2D eigenvalue weighted by atomic mass is 10.1. The van der Waals surface area contributed by atoms with Gasteiger partial charge in [0.2, 0.25) is 16.5 Å². The van der Waals surface area contributed by atoms with E-state index in [-0.39, 0.29) is 22.0 Å². The summed E-state index contributed by atoms with van der Waals surface area (Å²) in [6, 6.07) is 13.8. The topological polar surface area (TPSA) is 136 Å². The van der Waals surface area contributed by atoms with E-state index in [2.05, 4.69) is 32.9 Å². The molecule has 1 aliphatic heterocycles. The molecule has 0 bridgehead atoms. The number of nitrogens with one attached hydrogen (secondary N) is 2. The fraction of sp³-hybridized carbons (Fsp3) is 0.267. The van der Waals surface area contributed by atoms with Crippen LogP contribution in [0.5, 0.6) is 0 Å². The Kier molecular flexibility index (Phi) is 7.72. The summed E-state index contributed by atoms with van der Waals surface area (Å²) in [7, 11) is 1.31. The maximum Gasteiger partial charge on any atom is 0.297 e. The number of carbonyl (C=O) groups is 3. The number of hydroxylamine groups is 1. The first-order valence-corrected chi connectivity index (χ1v) is 15.7. The fourth-order valence-corrected chi connectivity index (χ4v) is 6.86. The van der Waals surface area contributed by atoms with Crippen LogP contribution in [0.15, 0.2) is 59.7 Å². The summed E-state index contributed by atoms with van der Waals surface area (Å²) < 4.78 is 1.74. The van der Waals surface area contributed by atoms with E-state index in [4.69, 9.17) is 4.84 Å². The van der Waals surface area contributed by atoms with Gasteiger partial charge in [-0.25, -0.2) is 22.2 Å². The minimum atomic E-state index is -0.897. The van der Waals surface area contributed by atoms with Crippen LogP contribution in [0, 0.1) is 0 Å². The van der Waals surface area contributed by atoms with Crippen molar-refractivity contribution in [2.24, 2.45) is 0 Å². The molecule has 2 aromatic carbocycles. The van der Waals surface area contributed by atoms with Gasteiger partial charge in [0.1, 0.15) is 5.56 Å². The monoisotopic (exact) mass is 588 g/mol. The number of fused-ring (bicyclic) bond motifs is 2. The second kappa shape index (κ2) is 11.7. The normalized spacial score (nSPS) is 14.9. The van der Waals surface area contributed by atoms with Crippen LogP contribution >= 0.6 is 11.8 Å². The number of hydrogen-bond acceptors (Lipinski definition) is 8. The molecule has 42 heavy (non-hydrogen) atoms. The van der Waals surface area contributed by atoms with Crippen LogP contribution in [0.1, 0.15) is 33.5 Å². The van der Waals surface area contributed by atoms with Crippen LogP contribution < -0.4 is 16.2 Å². The third-order valence-corrected chi connectivity index (χ3v) is 9.21. The van der Waals surface area contributed by atoms with Gasteiger partial charge in [-0.15, -0.1) is 0 Å². The largest absolute Gasteiger partial charge is 0.334 e. The van der Waals surface area contributed by atoms with E-state index < -0.39 is 23.1 Å². The molecule has 1 aliphatic carbocycles. The van der Waals surface area contributed by atoms with Gasteiger partial charge in [0.05, 0.1) is 12.5 Å². The van der Waals surface area contributed by atoms with Crippen LogP contribution in [0.25, 0.3) is 16.7 Å². The Hall–Kier alpha value is -4.55. The maximum atomic E-state index is 13.3. The van der Waals surface area contributed by atoms with Gasteiger partial charge in [-0.1, -0.05) is 18.2 Å². The number of nitrogens with zero attached hydrogens (tertiary/aromatic N) is 4. The van der Waals surface area contributed by atoms with Crippen LogP contribution in [0.3, 0.4) is 0 Å². The quantitative estimate of drug-likeness (QED) is 0.235. The molecule has 0 saturated carbocycles. The van der Waals surface area contributed by atoms with Crippen molar-refractivity contribution in [3.8, 4) is 5.69 Å². The number of benzene rings is 2. The van der Waals surface area contributed by atoms with E-state index in [9.17, 15) is 19.2 Å². The van der Waals surface area contributed by atoms with Gasteiger partial charge < -0.3 is 14.8 Å². The average molecular weight is 589 g/mol. The van der Waals surface area contributed by atoms with E-state index in [0.717, 1.165) is 42.0 Å². The van der Waals surface area contributed by atoms with Gasteiger partial charge in [-0.2, -0.15) is 4.98 Å². The number of anilines is 2. The first kappa shape index (κ1) is 27.6. The molecular weight excluding hydrogens is 556 g/mol. The van der Waals surface area contributed by atoms with Crippen molar-refractivity contribution in [3.63, 3.8) is 0 Å². The summed E-state index contributed by atoms with van der Waals surface area (Å²) in [4.78, 5) is 65.2. The van der Waals surface area contributed by atoms with Crippen molar-refractivity contribution < 1.29 is 19.2 Å². The number of pyridine rings is 1. The van der Waals surface area contributed by atoms with Crippen molar-refractivity contribution in [1.82, 2.24) is 24.9 Å². The van der Waals surface area contributed by atoms with Crippen molar-refractivity contribution in [1.29, 1.82) is 0 Å². The zero-order valence-corrected chi connectivity index (χ0v) is 24.6. The third kappa shape index (κ3) is 5.50. The minimum Gasteiger partial charge on any atom is -0.334 e. The van der Waals surface area contributed by atoms with Crippen LogP contribution in [0.4, 0.5) is 11.6 Å². The second-order valence-electron chi connectivity index (χ2n) is 10.5. The van der Waals surface area contributed by atoms with Gasteiger partial charge in [0, 0.05) is 36.9 Å². The number of amides is 2. The number of hydrogen-bond donors (Lipinski definition) is 2. The summed E-state index contributed by atoms with van der Waals surface area (Å²) in [5.41, 5.74) is 7.14. The molecule has 6 rings (SSSR count). The molecule has 0 unspecified atom stereocenters. The van der Waals surface area contributed by atoms with Crippen molar-refractivity contribution in [2.45, 2.75) is 25.7 Å². The van der Waals surface area contributed by atoms with Crippen LogP contribution in [0.2, 0.25) is 0 Å². The highest BCUT2D eigenvalue weighted by molar-refractivity contribution is 8.15. The minimum absolute atomic E-state index is 0.0811. The second-order valence-corrected chi connectivity index (χ2v) is 12.4. The van der Waals surface area contributed by atoms with E-state index >= 15 is 0 Å². The molecule has 3 heterocycles. The molecule has 2 aromatic heterocycles. The van der Waals surface area contributed by atoms with Crippen molar-refractivity contribution in [3.05, 3.63) is 87.3 Å². The molecule has 11 nitrogen and oxygen atoms in total. The van der Waals surface area contributed by atoms with Gasteiger partial charge in [0.25, 0.3) is 11.8 Å². The number of aromatic nitrogens is 3. The molecule has 12 heteroatoms. The third-order valence-electron chi connectivity index (χ3n) is 7.78. The first-order valence-electron chi connectivity index (χ1n) is 14.0. The van der Waals surface area contributed by atoms with Gasteiger partial charge in [0.15, 0.2) is 5.65 Å². The summed E-state index contributed by atoms with van der Waals surface area (Å²) in [5, 5.41) is 3.23. The Morgan fingerprint density at radius 3 is 2.69 bits per heavy atom. The lowest BCUT2D eigenvalue weighted by Gasteiger charge is -2.26. The molecule has 2 amide bonds. The Bertz CT molecular complexity index is 1770. The van der Waals surface area contributed by atoms with E-state index in [1.54, 1.807) is 9.47 Å². The van der Waals surface area contributed by atoms with Gasteiger partial charge in [-0.3, -0.25) is 24.0 Å². The lowest BCUT2D eigenvalue weighted by Crippen LogP contribution is -2.42. The Morgan fingerprint density at radius 2 is 1.88 bits per heavy atom. The number of aryl methyl sites for hydroxylation is 2. The fourth-order valence-electron chi connectivity index (χ4n) is 5.56. The maximum absolute atomic E-state index is 13.3. The highest BCUT2D eigenvalue weighted by atomic mass is 32.2. The molecule has 2 aliphatic rings. The zero-order chi connectivity index (χ0) is 29.2. The predicted molar refractivity (Wildman–Crippen MR) is 165 cm³/mol. The summed E-state index contributed by atoms with van der Waals surface area (Å²) in [5.74, 6) is 0.158. The van der Waals surface area contributed by atoms with E-state index in [1.807, 2.05) is 30.3 Å². The van der Waals surface area contributed by atoms with E-state index in [0.29, 0.717) is 31.1 Å². The summed E-state index contributed by atoms with van der Waals surface area (Å²) in [6.07, 6.45) is 6.67. The van der Waals surface area contributed by atoms with Crippen LogP contribution in [-0.4, -0.2) is 62.3 Å².